The van der Waals surface area contributed by atoms with Gasteiger partial charge in [-0.15, -0.1) is 0 Å². The Bertz CT molecular complexity index is 969. The molecule has 0 saturated carbocycles. The minimum absolute atomic E-state index is 0.250. The second-order valence-corrected chi connectivity index (χ2v) is 8.93. The van der Waals surface area contributed by atoms with Crippen molar-refractivity contribution in [1.29, 1.82) is 0 Å². The zero-order valence-corrected chi connectivity index (χ0v) is 19.2. The molecule has 0 bridgehead atoms. The minimum Gasteiger partial charge on any atom is -0.508 e. The Kier molecular flexibility index (Phi) is 5.98. The smallest absolute Gasteiger partial charge is 0.268 e. The molecule has 1 atom stereocenters. The summed E-state index contributed by atoms with van der Waals surface area (Å²) < 4.78 is 22.3. The molecule has 1 heterocycles. The van der Waals surface area contributed by atoms with Crippen LogP contribution in [0.4, 0.5) is 5.69 Å². The lowest BCUT2D eigenvalue weighted by atomic mass is 9.83. The predicted octanol–water partition coefficient (Wildman–Crippen LogP) is 4.44. The number of benzene rings is 2. The van der Waals surface area contributed by atoms with Crippen molar-refractivity contribution in [2.75, 3.05) is 26.6 Å². The Labute approximate surface area is 183 Å². The van der Waals surface area contributed by atoms with Gasteiger partial charge in [0.25, 0.3) is 5.91 Å². The van der Waals surface area contributed by atoms with Gasteiger partial charge in [-0.05, 0) is 36.5 Å². The summed E-state index contributed by atoms with van der Waals surface area (Å²) in [5.41, 5.74) is 0.856. The predicted molar refractivity (Wildman–Crippen MR) is 119 cm³/mol. The number of hydrogen-bond acceptors (Lipinski definition) is 6. The SMILES string of the molecule is COc1cc(NC(=O)C2(C)CCc3cc(O)c(C(C)(C)C)cc3O2)cc(OC)c1OC. The molecule has 1 unspecified atom stereocenters. The van der Waals surface area contributed by atoms with E-state index in [-0.39, 0.29) is 17.1 Å². The number of hydrogen-bond donors (Lipinski definition) is 2. The van der Waals surface area contributed by atoms with Gasteiger partial charge in [0.15, 0.2) is 17.1 Å². The molecule has 168 valence electrons. The number of aromatic hydroxyl groups is 1. The molecule has 0 aliphatic carbocycles. The van der Waals surface area contributed by atoms with Crippen LogP contribution in [0.2, 0.25) is 0 Å². The Morgan fingerprint density at radius 2 is 1.68 bits per heavy atom. The summed E-state index contributed by atoms with van der Waals surface area (Å²) in [6, 6.07) is 6.94. The van der Waals surface area contributed by atoms with Crippen molar-refractivity contribution in [3.8, 4) is 28.7 Å². The number of anilines is 1. The van der Waals surface area contributed by atoms with Gasteiger partial charge in [0.05, 0.1) is 21.3 Å². The minimum atomic E-state index is -1.07. The molecule has 2 aromatic rings. The third-order valence-electron chi connectivity index (χ3n) is 5.60. The van der Waals surface area contributed by atoms with Crippen LogP contribution in [0.3, 0.4) is 0 Å². The van der Waals surface area contributed by atoms with E-state index in [1.807, 2.05) is 26.8 Å². The summed E-state index contributed by atoms with van der Waals surface area (Å²) in [4.78, 5) is 13.2. The molecule has 1 aliphatic heterocycles. The summed E-state index contributed by atoms with van der Waals surface area (Å²) >= 11 is 0. The first-order valence-corrected chi connectivity index (χ1v) is 10.2. The molecule has 2 aromatic carbocycles. The summed E-state index contributed by atoms with van der Waals surface area (Å²) in [6.45, 7) is 7.84. The zero-order chi connectivity index (χ0) is 23.0. The van der Waals surface area contributed by atoms with E-state index in [4.69, 9.17) is 18.9 Å². The topological polar surface area (TPSA) is 86.3 Å². The summed E-state index contributed by atoms with van der Waals surface area (Å²) in [5, 5.41) is 13.3. The molecule has 1 aliphatic rings. The number of carbonyl (C=O) groups excluding carboxylic acids is 1. The fraction of sp³-hybridized carbons (Fsp3) is 0.458. The maximum Gasteiger partial charge on any atom is 0.268 e. The fourth-order valence-electron chi connectivity index (χ4n) is 3.75. The Morgan fingerprint density at radius 3 is 2.19 bits per heavy atom. The van der Waals surface area contributed by atoms with Crippen LogP contribution in [-0.4, -0.2) is 37.9 Å². The highest BCUT2D eigenvalue weighted by molar-refractivity contribution is 5.98. The van der Waals surface area contributed by atoms with Crippen LogP contribution in [0.25, 0.3) is 0 Å². The van der Waals surface area contributed by atoms with Gasteiger partial charge in [0.1, 0.15) is 11.5 Å². The van der Waals surface area contributed by atoms with Crippen molar-refractivity contribution in [2.24, 2.45) is 0 Å². The van der Waals surface area contributed by atoms with Gasteiger partial charge < -0.3 is 29.4 Å². The second kappa shape index (κ2) is 8.21. The van der Waals surface area contributed by atoms with Crippen molar-refractivity contribution in [1.82, 2.24) is 0 Å². The van der Waals surface area contributed by atoms with Crippen molar-refractivity contribution in [3.05, 3.63) is 35.4 Å². The molecule has 0 saturated heterocycles. The molecule has 0 aromatic heterocycles. The molecular weight excluding hydrogens is 398 g/mol. The van der Waals surface area contributed by atoms with E-state index >= 15 is 0 Å². The molecule has 2 N–H and O–H groups in total. The van der Waals surface area contributed by atoms with Crippen LogP contribution >= 0.6 is 0 Å². The van der Waals surface area contributed by atoms with Crippen LogP contribution in [0, 0.1) is 0 Å². The largest absolute Gasteiger partial charge is 0.508 e. The van der Waals surface area contributed by atoms with Crippen LogP contribution < -0.4 is 24.3 Å². The van der Waals surface area contributed by atoms with E-state index in [2.05, 4.69) is 5.32 Å². The molecule has 0 spiro atoms. The quantitative estimate of drug-likeness (QED) is 0.731. The molecule has 0 radical (unpaired) electrons. The van der Waals surface area contributed by atoms with Crippen molar-refractivity contribution < 1.29 is 28.8 Å². The summed E-state index contributed by atoms with van der Waals surface area (Å²) in [7, 11) is 4.57. The lowest BCUT2D eigenvalue weighted by Gasteiger charge is -2.35. The van der Waals surface area contributed by atoms with Gasteiger partial charge in [0.2, 0.25) is 5.75 Å². The number of carbonyl (C=O) groups is 1. The molecule has 31 heavy (non-hydrogen) atoms. The van der Waals surface area contributed by atoms with Crippen LogP contribution in [-0.2, 0) is 16.6 Å². The number of aryl methyl sites for hydroxylation is 1. The van der Waals surface area contributed by atoms with E-state index in [0.717, 1.165) is 11.1 Å². The Morgan fingerprint density at radius 1 is 1.06 bits per heavy atom. The third-order valence-corrected chi connectivity index (χ3v) is 5.60. The Balaban J connectivity index is 1.89. The standard InChI is InChI=1S/C24H31NO6/c1-23(2,3)16-13-18-14(10-17(16)26)8-9-24(4,31-18)22(27)25-15-11-19(28-5)21(30-7)20(12-15)29-6/h10-13,26H,8-9H2,1-7H3,(H,25,27). The monoisotopic (exact) mass is 429 g/mol. The molecule has 1 amide bonds. The number of rotatable bonds is 5. The maximum absolute atomic E-state index is 13.2. The number of fused-ring (bicyclic) bond motifs is 1. The van der Waals surface area contributed by atoms with E-state index in [0.29, 0.717) is 41.5 Å². The first-order chi connectivity index (χ1) is 14.5. The van der Waals surface area contributed by atoms with Gasteiger partial charge in [0, 0.05) is 29.8 Å². The van der Waals surface area contributed by atoms with Crippen LogP contribution in [0.15, 0.2) is 24.3 Å². The van der Waals surface area contributed by atoms with E-state index in [1.54, 1.807) is 25.1 Å². The van der Waals surface area contributed by atoms with E-state index < -0.39 is 5.60 Å². The molecular formula is C24H31NO6. The molecule has 3 rings (SSSR count). The normalized spacial score (nSPS) is 17.9. The van der Waals surface area contributed by atoms with Crippen LogP contribution in [0.5, 0.6) is 28.7 Å². The number of ether oxygens (including phenoxy) is 4. The summed E-state index contributed by atoms with van der Waals surface area (Å²) in [5.74, 6) is 1.94. The molecule has 7 heteroatoms. The highest BCUT2D eigenvalue weighted by Gasteiger charge is 2.40. The van der Waals surface area contributed by atoms with E-state index in [9.17, 15) is 9.90 Å². The second-order valence-electron chi connectivity index (χ2n) is 8.93. The number of phenolic OH excluding ortho intramolecular Hbond substituents is 1. The lowest BCUT2D eigenvalue weighted by Crippen LogP contribution is -2.47. The zero-order valence-electron chi connectivity index (χ0n) is 19.2. The van der Waals surface area contributed by atoms with Gasteiger partial charge in [-0.3, -0.25) is 4.79 Å². The number of amides is 1. The van der Waals surface area contributed by atoms with Crippen LogP contribution in [0.1, 0.15) is 45.2 Å². The van der Waals surface area contributed by atoms with Crippen molar-refractivity contribution in [3.63, 3.8) is 0 Å². The van der Waals surface area contributed by atoms with Gasteiger partial charge in [-0.25, -0.2) is 0 Å². The number of methoxy groups -OCH3 is 3. The molecule has 0 fully saturated rings. The van der Waals surface area contributed by atoms with Gasteiger partial charge >= 0.3 is 0 Å². The summed E-state index contributed by atoms with van der Waals surface area (Å²) in [6.07, 6.45) is 1.09. The average Bonchev–Trinajstić information content (AvgIpc) is 2.71. The first kappa shape index (κ1) is 22.6. The highest BCUT2D eigenvalue weighted by Crippen LogP contribution is 2.43. The fourth-order valence-corrected chi connectivity index (χ4v) is 3.75. The maximum atomic E-state index is 13.2. The Hall–Kier alpha value is -3.09. The number of nitrogens with one attached hydrogen (secondary N) is 1. The lowest BCUT2D eigenvalue weighted by molar-refractivity contribution is -0.131. The van der Waals surface area contributed by atoms with Crippen molar-refractivity contribution in [2.45, 2.75) is 51.6 Å². The highest BCUT2D eigenvalue weighted by atomic mass is 16.5. The van der Waals surface area contributed by atoms with E-state index in [1.165, 1.54) is 21.3 Å². The van der Waals surface area contributed by atoms with Gasteiger partial charge in [-0.2, -0.15) is 0 Å². The van der Waals surface area contributed by atoms with Gasteiger partial charge in [-0.1, -0.05) is 20.8 Å². The van der Waals surface area contributed by atoms with Crippen molar-refractivity contribution >= 4 is 11.6 Å². The average molecular weight is 430 g/mol. The first-order valence-electron chi connectivity index (χ1n) is 10.2. The number of phenols is 1. The third kappa shape index (κ3) is 4.36. The molecule has 7 nitrogen and oxygen atoms in total.